The number of carbonyl (C=O) groups excluding carboxylic acids is 1. The maximum Gasteiger partial charge on any atom is 0.244 e. The first-order valence-electron chi connectivity index (χ1n) is 6.68. The molecule has 0 saturated carbocycles. The van der Waals surface area contributed by atoms with Crippen molar-refractivity contribution in [1.29, 1.82) is 0 Å². The molecule has 106 valence electrons. The monoisotopic (exact) mass is 272 g/mol. The Labute approximate surface area is 118 Å². The van der Waals surface area contributed by atoms with Crippen molar-refractivity contribution in [3.63, 3.8) is 0 Å². The predicted molar refractivity (Wildman–Crippen MR) is 80.1 cm³/mol. The highest BCUT2D eigenvalue weighted by Crippen LogP contribution is 2.25. The number of para-hydroxylation sites is 1. The van der Waals surface area contributed by atoms with E-state index in [2.05, 4.69) is 10.4 Å². The van der Waals surface area contributed by atoms with Crippen molar-refractivity contribution < 1.29 is 4.79 Å². The summed E-state index contributed by atoms with van der Waals surface area (Å²) < 4.78 is 1.65. The average molecular weight is 272 g/mol. The summed E-state index contributed by atoms with van der Waals surface area (Å²) in [6, 6.07) is 7.37. The van der Waals surface area contributed by atoms with Crippen molar-refractivity contribution in [3.8, 4) is 11.1 Å². The van der Waals surface area contributed by atoms with Crippen LogP contribution >= 0.6 is 0 Å². The number of hydrogen-bond acceptors (Lipinski definition) is 3. The lowest BCUT2D eigenvalue weighted by atomic mass is 10.1. The first kappa shape index (κ1) is 14.1. The Hall–Kier alpha value is -2.30. The smallest absolute Gasteiger partial charge is 0.244 e. The minimum Gasteiger partial charge on any atom is -0.398 e. The van der Waals surface area contributed by atoms with E-state index in [0.717, 1.165) is 11.1 Å². The van der Waals surface area contributed by atoms with Crippen LogP contribution in [0.1, 0.15) is 26.8 Å². The van der Waals surface area contributed by atoms with E-state index in [9.17, 15) is 4.79 Å². The number of nitrogen functional groups attached to an aromatic ring is 1. The quantitative estimate of drug-likeness (QED) is 0.838. The van der Waals surface area contributed by atoms with Gasteiger partial charge in [0.25, 0.3) is 0 Å². The highest BCUT2D eigenvalue weighted by atomic mass is 16.2. The SMILES string of the molecule is CC(C)NC(=O)C(C)n1cc(-c2ccccc2N)cn1. The molecule has 0 bridgehead atoms. The van der Waals surface area contributed by atoms with Crippen LogP contribution in [0.2, 0.25) is 0 Å². The third-order valence-electron chi connectivity index (χ3n) is 3.08. The number of rotatable bonds is 4. The third-order valence-corrected chi connectivity index (χ3v) is 3.08. The number of carbonyl (C=O) groups is 1. The van der Waals surface area contributed by atoms with E-state index in [-0.39, 0.29) is 18.0 Å². The van der Waals surface area contributed by atoms with Crippen LogP contribution in [0.4, 0.5) is 5.69 Å². The van der Waals surface area contributed by atoms with Gasteiger partial charge < -0.3 is 11.1 Å². The number of nitrogens with zero attached hydrogens (tertiary/aromatic N) is 2. The Morgan fingerprint density at radius 2 is 2.00 bits per heavy atom. The van der Waals surface area contributed by atoms with E-state index in [1.807, 2.05) is 51.2 Å². The first-order valence-corrected chi connectivity index (χ1v) is 6.68. The fraction of sp³-hybridized carbons (Fsp3) is 0.333. The summed E-state index contributed by atoms with van der Waals surface area (Å²) >= 11 is 0. The van der Waals surface area contributed by atoms with Gasteiger partial charge in [-0.25, -0.2) is 0 Å². The third kappa shape index (κ3) is 2.99. The number of nitrogens with one attached hydrogen (secondary N) is 1. The molecule has 2 rings (SSSR count). The van der Waals surface area contributed by atoms with Gasteiger partial charge in [-0.3, -0.25) is 9.48 Å². The molecule has 5 nitrogen and oxygen atoms in total. The van der Waals surface area contributed by atoms with Gasteiger partial charge in [-0.2, -0.15) is 5.10 Å². The Balaban J connectivity index is 2.21. The molecule has 20 heavy (non-hydrogen) atoms. The predicted octanol–water partition coefficient (Wildman–Crippen LogP) is 2.22. The lowest BCUT2D eigenvalue weighted by Gasteiger charge is -2.14. The van der Waals surface area contributed by atoms with E-state index >= 15 is 0 Å². The van der Waals surface area contributed by atoms with Gasteiger partial charge in [0.15, 0.2) is 0 Å². The lowest BCUT2D eigenvalue weighted by Crippen LogP contribution is -2.35. The van der Waals surface area contributed by atoms with E-state index in [4.69, 9.17) is 5.73 Å². The fourth-order valence-electron chi connectivity index (χ4n) is 1.97. The lowest BCUT2D eigenvalue weighted by molar-refractivity contribution is -0.124. The van der Waals surface area contributed by atoms with Gasteiger partial charge >= 0.3 is 0 Å². The topological polar surface area (TPSA) is 72.9 Å². The summed E-state index contributed by atoms with van der Waals surface area (Å²) in [4.78, 5) is 12.0. The van der Waals surface area contributed by atoms with Gasteiger partial charge in [0.1, 0.15) is 6.04 Å². The molecule has 0 radical (unpaired) electrons. The second kappa shape index (κ2) is 5.77. The molecule has 1 unspecified atom stereocenters. The van der Waals surface area contributed by atoms with Crippen LogP contribution in [-0.2, 0) is 4.79 Å². The molecule has 0 aliphatic carbocycles. The van der Waals surface area contributed by atoms with Crippen LogP contribution in [-0.4, -0.2) is 21.7 Å². The number of hydrogen-bond donors (Lipinski definition) is 2. The second-order valence-electron chi connectivity index (χ2n) is 5.14. The van der Waals surface area contributed by atoms with Gasteiger partial charge in [-0.1, -0.05) is 18.2 Å². The summed E-state index contributed by atoms with van der Waals surface area (Å²) in [5, 5.41) is 7.14. The van der Waals surface area contributed by atoms with E-state index in [1.165, 1.54) is 0 Å². The molecule has 0 fully saturated rings. The standard InChI is InChI=1S/C15H20N4O/c1-10(2)18-15(20)11(3)19-9-12(8-17-19)13-6-4-5-7-14(13)16/h4-11H,16H2,1-3H3,(H,18,20). The highest BCUT2D eigenvalue weighted by Gasteiger charge is 2.17. The van der Waals surface area contributed by atoms with Gasteiger partial charge in [0, 0.05) is 29.1 Å². The Kier molecular flexibility index (Phi) is 4.08. The van der Waals surface area contributed by atoms with Crippen molar-refractivity contribution in [1.82, 2.24) is 15.1 Å². The summed E-state index contributed by atoms with van der Waals surface area (Å²) in [6.07, 6.45) is 3.57. The molecule has 1 aromatic heterocycles. The minimum atomic E-state index is -0.351. The average Bonchev–Trinajstić information content (AvgIpc) is 2.87. The minimum absolute atomic E-state index is 0.0457. The largest absolute Gasteiger partial charge is 0.398 e. The summed E-state index contributed by atoms with van der Waals surface area (Å²) in [7, 11) is 0. The summed E-state index contributed by atoms with van der Waals surface area (Å²) in [5.74, 6) is -0.0457. The van der Waals surface area contributed by atoms with Crippen LogP contribution in [0.15, 0.2) is 36.7 Å². The molecule has 0 spiro atoms. The normalized spacial score (nSPS) is 12.4. The molecule has 1 heterocycles. The molecule has 1 aromatic carbocycles. The second-order valence-corrected chi connectivity index (χ2v) is 5.14. The maximum atomic E-state index is 12.0. The van der Waals surface area contributed by atoms with Crippen LogP contribution < -0.4 is 11.1 Å². The van der Waals surface area contributed by atoms with Gasteiger partial charge in [-0.15, -0.1) is 0 Å². The van der Waals surface area contributed by atoms with Crippen LogP contribution in [0.5, 0.6) is 0 Å². The molecule has 1 atom stereocenters. The van der Waals surface area contributed by atoms with Crippen molar-refractivity contribution in [2.24, 2.45) is 0 Å². The number of amides is 1. The van der Waals surface area contributed by atoms with Crippen molar-refractivity contribution >= 4 is 11.6 Å². The highest BCUT2D eigenvalue weighted by molar-refractivity contribution is 5.80. The van der Waals surface area contributed by atoms with Crippen LogP contribution in [0.25, 0.3) is 11.1 Å². The first-order chi connectivity index (χ1) is 9.49. The Bertz CT molecular complexity index is 603. The van der Waals surface area contributed by atoms with Gasteiger partial charge in [-0.05, 0) is 26.8 Å². The zero-order valence-electron chi connectivity index (χ0n) is 12.0. The molecule has 0 saturated heterocycles. The molecule has 0 aliphatic rings. The summed E-state index contributed by atoms with van der Waals surface area (Å²) in [6.45, 7) is 5.69. The Morgan fingerprint density at radius 3 is 2.65 bits per heavy atom. The van der Waals surface area contributed by atoms with Crippen molar-refractivity contribution in [3.05, 3.63) is 36.7 Å². The van der Waals surface area contributed by atoms with E-state index in [1.54, 1.807) is 10.9 Å². The number of aromatic nitrogens is 2. The molecule has 2 aromatic rings. The van der Waals surface area contributed by atoms with Crippen LogP contribution in [0.3, 0.4) is 0 Å². The van der Waals surface area contributed by atoms with Gasteiger partial charge in [0.05, 0.1) is 6.20 Å². The molecule has 5 heteroatoms. The number of benzene rings is 1. The van der Waals surface area contributed by atoms with Crippen molar-refractivity contribution in [2.75, 3.05) is 5.73 Å². The molecular weight excluding hydrogens is 252 g/mol. The van der Waals surface area contributed by atoms with E-state index < -0.39 is 0 Å². The molecule has 0 aliphatic heterocycles. The van der Waals surface area contributed by atoms with E-state index in [0.29, 0.717) is 5.69 Å². The number of nitrogens with two attached hydrogens (primary N) is 1. The molecule has 1 amide bonds. The zero-order chi connectivity index (χ0) is 14.7. The molecule has 3 N–H and O–H groups in total. The maximum absolute atomic E-state index is 12.0. The Morgan fingerprint density at radius 1 is 1.30 bits per heavy atom. The zero-order valence-corrected chi connectivity index (χ0v) is 12.0. The number of anilines is 1. The van der Waals surface area contributed by atoms with Crippen LogP contribution in [0, 0.1) is 0 Å². The van der Waals surface area contributed by atoms with Crippen molar-refractivity contribution in [2.45, 2.75) is 32.9 Å². The molecular formula is C15H20N4O. The van der Waals surface area contributed by atoms with Gasteiger partial charge in [0.2, 0.25) is 5.91 Å². The fourth-order valence-corrected chi connectivity index (χ4v) is 1.97. The summed E-state index contributed by atoms with van der Waals surface area (Å²) in [5.41, 5.74) is 8.48.